The van der Waals surface area contributed by atoms with Crippen LogP contribution < -0.4 is 10.1 Å². The van der Waals surface area contributed by atoms with Gasteiger partial charge in [-0.3, -0.25) is 0 Å². The summed E-state index contributed by atoms with van der Waals surface area (Å²) in [6, 6.07) is 8.26. The summed E-state index contributed by atoms with van der Waals surface area (Å²) >= 11 is 0. The maximum atomic E-state index is 13.3. The van der Waals surface area contributed by atoms with Crippen molar-refractivity contribution in [2.75, 3.05) is 17.4 Å². The van der Waals surface area contributed by atoms with Gasteiger partial charge in [-0.1, -0.05) is 0 Å². The number of benzene rings is 2. The molecule has 2 aromatic carbocycles. The molecule has 2 N–H and O–H groups in total. The molecule has 0 atom stereocenters. The van der Waals surface area contributed by atoms with Crippen LogP contribution in [0.3, 0.4) is 0 Å². The number of furan rings is 1. The number of aromatic carboxylic acids is 1. The molecule has 0 amide bonds. The maximum Gasteiger partial charge on any atom is 0.340 e. The molecule has 29 heavy (non-hydrogen) atoms. The number of ether oxygens (including phenoxy) is 1. The second-order valence-electron chi connectivity index (χ2n) is 6.88. The largest absolute Gasteiger partial charge is 0.489 e. The Kier molecular flexibility index (Phi) is 5.52. The van der Waals surface area contributed by atoms with Crippen LogP contribution in [-0.2, 0) is 9.84 Å². The Hall–Kier alpha value is -3.07. The lowest BCUT2D eigenvalue weighted by atomic mass is 10.0. The first-order valence-corrected chi connectivity index (χ1v) is 10.8. The SMILES string of the molecule is CC(C)Oc1cc2c(C(=O)O)c(-c3ccc(F)cc3)oc2cc1NCS(C)(=O)=O. The molecular formula is C20H20FNO6S. The summed E-state index contributed by atoms with van der Waals surface area (Å²) in [5.74, 6) is -1.63. The first-order valence-electron chi connectivity index (χ1n) is 8.73. The zero-order valence-corrected chi connectivity index (χ0v) is 16.8. The van der Waals surface area contributed by atoms with Crippen LogP contribution >= 0.6 is 0 Å². The van der Waals surface area contributed by atoms with E-state index in [0.717, 1.165) is 6.26 Å². The number of hydrogen-bond donors (Lipinski definition) is 2. The van der Waals surface area contributed by atoms with Crippen LogP contribution in [0.25, 0.3) is 22.3 Å². The highest BCUT2D eigenvalue weighted by Crippen LogP contribution is 2.39. The summed E-state index contributed by atoms with van der Waals surface area (Å²) in [7, 11) is -3.31. The van der Waals surface area contributed by atoms with Gasteiger partial charge in [-0.05, 0) is 44.2 Å². The van der Waals surface area contributed by atoms with E-state index in [2.05, 4.69) is 5.32 Å². The standard InChI is InChI=1S/C20H20FNO6S/c1-11(2)27-17-8-14-16(9-15(17)22-10-29(3,25)26)28-19(18(14)20(23)24)12-4-6-13(21)7-5-12/h4-9,11,22H,10H2,1-3H3,(H,23,24). The van der Waals surface area contributed by atoms with Crippen LogP contribution in [0.5, 0.6) is 5.75 Å². The summed E-state index contributed by atoms with van der Waals surface area (Å²) in [6.07, 6.45) is 0.854. The maximum absolute atomic E-state index is 13.3. The van der Waals surface area contributed by atoms with Crippen molar-refractivity contribution in [3.05, 3.63) is 47.8 Å². The van der Waals surface area contributed by atoms with Crippen molar-refractivity contribution in [2.24, 2.45) is 0 Å². The van der Waals surface area contributed by atoms with E-state index in [-0.39, 0.29) is 34.3 Å². The lowest BCUT2D eigenvalue weighted by Gasteiger charge is -2.15. The summed E-state index contributed by atoms with van der Waals surface area (Å²) in [4.78, 5) is 11.9. The molecule has 0 bridgehead atoms. The summed E-state index contributed by atoms with van der Waals surface area (Å²) in [6.45, 7) is 3.59. The highest BCUT2D eigenvalue weighted by Gasteiger charge is 2.24. The lowest BCUT2D eigenvalue weighted by molar-refractivity contribution is 0.0699. The van der Waals surface area contributed by atoms with Crippen molar-refractivity contribution in [3.8, 4) is 17.1 Å². The number of carboxylic acids is 1. The molecule has 0 aliphatic carbocycles. The minimum absolute atomic E-state index is 0.0725. The van der Waals surface area contributed by atoms with Gasteiger partial charge in [0.2, 0.25) is 0 Å². The van der Waals surface area contributed by atoms with E-state index in [1.807, 2.05) is 0 Å². The van der Waals surface area contributed by atoms with E-state index in [9.17, 15) is 22.7 Å². The van der Waals surface area contributed by atoms with E-state index in [0.29, 0.717) is 17.0 Å². The first kappa shape index (κ1) is 20.7. The van der Waals surface area contributed by atoms with Crippen molar-refractivity contribution >= 4 is 32.5 Å². The van der Waals surface area contributed by atoms with E-state index in [1.54, 1.807) is 13.8 Å². The predicted molar refractivity (Wildman–Crippen MR) is 108 cm³/mol. The highest BCUT2D eigenvalue weighted by molar-refractivity contribution is 7.90. The van der Waals surface area contributed by atoms with E-state index in [1.165, 1.54) is 36.4 Å². The molecule has 0 saturated heterocycles. The molecule has 7 nitrogen and oxygen atoms in total. The fraction of sp³-hybridized carbons (Fsp3) is 0.250. The van der Waals surface area contributed by atoms with Crippen molar-refractivity contribution in [2.45, 2.75) is 20.0 Å². The van der Waals surface area contributed by atoms with Crippen LogP contribution in [0, 0.1) is 5.82 Å². The number of sulfone groups is 1. The van der Waals surface area contributed by atoms with Crippen molar-refractivity contribution < 1.29 is 31.9 Å². The Bertz CT molecular complexity index is 1170. The van der Waals surface area contributed by atoms with Gasteiger partial charge < -0.3 is 19.6 Å². The van der Waals surface area contributed by atoms with E-state index < -0.39 is 21.6 Å². The van der Waals surface area contributed by atoms with Gasteiger partial charge >= 0.3 is 5.97 Å². The number of fused-ring (bicyclic) bond motifs is 1. The number of nitrogens with one attached hydrogen (secondary N) is 1. The number of carbonyl (C=O) groups is 1. The van der Waals surface area contributed by atoms with Crippen molar-refractivity contribution in [3.63, 3.8) is 0 Å². The fourth-order valence-electron chi connectivity index (χ4n) is 2.84. The molecule has 1 aromatic heterocycles. The Labute approximate surface area is 167 Å². The molecule has 3 aromatic rings. The highest BCUT2D eigenvalue weighted by atomic mass is 32.2. The van der Waals surface area contributed by atoms with Crippen LogP contribution in [0.1, 0.15) is 24.2 Å². The minimum atomic E-state index is -3.31. The molecule has 154 valence electrons. The third kappa shape index (κ3) is 4.68. The topological polar surface area (TPSA) is 106 Å². The van der Waals surface area contributed by atoms with Gasteiger partial charge in [0, 0.05) is 23.3 Å². The fourth-order valence-corrected chi connectivity index (χ4v) is 3.26. The third-order valence-corrected chi connectivity index (χ3v) is 4.67. The first-order chi connectivity index (χ1) is 13.5. The summed E-state index contributed by atoms with van der Waals surface area (Å²) in [5, 5.41) is 12.8. The zero-order valence-electron chi connectivity index (χ0n) is 16.0. The van der Waals surface area contributed by atoms with Crippen molar-refractivity contribution in [1.82, 2.24) is 0 Å². The van der Waals surface area contributed by atoms with Gasteiger partial charge in [0.25, 0.3) is 0 Å². The summed E-state index contributed by atoms with van der Waals surface area (Å²) in [5.41, 5.74) is 0.897. The molecule has 3 rings (SSSR count). The number of anilines is 1. The molecular weight excluding hydrogens is 401 g/mol. The quantitative estimate of drug-likeness (QED) is 0.591. The Morgan fingerprint density at radius 2 is 1.90 bits per heavy atom. The van der Waals surface area contributed by atoms with Gasteiger partial charge in [0.1, 0.15) is 34.4 Å². The molecule has 0 spiro atoms. The second kappa shape index (κ2) is 7.75. The monoisotopic (exact) mass is 421 g/mol. The average molecular weight is 421 g/mol. The normalized spacial score (nSPS) is 11.8. The minimum Gasteiger partial charge on any atom is -0.489 e. The van der Waals surface area contributed by atoms with Crippen LogP contribution in [0.2, 0.25) is 0 Å². The van der Waals surface area contributed by atoms with Crippen LogP contribution in [0.4, 0.5) is 10.1 Å². The Balaban J connectivity index is 2.21. The van der Waals surface area contributed by atoms with E-state index >= 15 is 0 Å². The molecule has 0 saturated carbocycles. The Morgan fingerprint density at radius 1 is 1.24 bits per heavy atom. The van der Waals surface area contributed by atoms with Gasteiger partial charge in [-0.25, -0.2) is 17.6 Å². The number of carboxylic acid groups (broad SMARTS) is 1. The molecule has 0 unspecified atom stereocenters. The molecule has 0 aliphatic rings. The van der Waals surface area contributed by atoms with Gasteiger partial charge in [0.05, 0.1) is 11.8 Å². The van der Waals surface area contributed by atoms with Gasteiger partial charge in [-0.2, -0.15) is 0 Å². The molecule has 1 heterocycles. The number of rotatable bonds is 7. The third-order valence-electron chi connectivity index (χ3n) is 4.00. The molecule has 9 heteroatoms. The second-order valence-corrected chi connectivity index (χ2v) is 9.02. The molecule has 0 aliphatic heterocycles. The van der Waals surface area contributed by atoms with Gasteiger partial charge in [0.15, 0.2) is 9.84 Å². The predicted octanol–water partition coefficient (Wildman–Crippen LogP) is 4.14. The Morgan fingerprint density at radius 3 is 2.45 bits per heavy atom. The molecule has 0 fully saturated rings. The van der Waals surface area contributed by atoms with Crippen molar-refractivity contribution in [1.29, 1.82) is 0 Å². The lowest BCUT2D eigenvalue weighted by Crippen LogP contribution is -2.14. The smallest absolute Gasteiger partial charge is 0.340 e. The molecule has 0 radical (unpaired) electrons. The van der Waals surface area contributed by atoms with Gasteiger partial charge in [-0.15, -0.1) is 0 Å². The van der Waals surface area contributed by atoms with Crippen LogP contribution in [0.15, 0.2) is 40.8 Å². The zero-order chi connectivity index (χ0) is 21.3. The summed E-state index contributed by atoms with van der Waals surface area (Å²) < 4.78 is 47.8. The van der Waals surface area contributed by atoms with Crippen LogP contribution in [-0.4, -0.2) is 37.7 Å². The number of halogens is 1. The number of hydrogen-bond acceptors (Lipinski definition) is 6. The van der Waals surface area contributed by atoms with E-state index in [4.69, 9.17) is 9.15 Å². The average Bonchev–Trinajstić information content (AvgIpc) is 2.97.